The van der Waals surface area contributed by atoms with Gasteiger partial charge in [-0.25, -0.2) is 4.79 Å². The van der Waals surface area contributed by atoms with Crippen LogP contribution in [0.15, 0.2) is 28.9 Å². The standard InChI is InChI=1S/C17H24N2O4/c1-14(2)13-23-17(21)19-9-4-8-18(10-11-19)16(20)7-6-15-5-3-12-22-15/h3,5-7,12,14H,4,8-11,13H2,1-2H3. The monoisotopic (exact) mass is 320 g/mol. The fourth-order valence-corrected chi connectivity index (χ4v) is 2.29. The molecule has 0 radical (unpaired) electrons. The molecule has 2 amide bonds. The third-order valence-electron chi connectivity index (χ3n) is 3.54. The second kappa shape index (κ2) is 8.41. The van der Waals surface area contributed by atoms with E-state index >= 15 is 0 Å². The van der Waals surface area contributed by atoms with Crippen LogP contribution in [0.4, 0.5) is 4.79 Å². The van der Waals surface area contributed by atoms with Crippen LogP contribution < -0.4 is 0 Å². The number of furan rings is 1. The Labute approximate surface area is 136 Å². The van der Waals surface area contributed by atoms with Crippen molar-refractivity contribution in [3.8, 4) is 0 Å². The van der Waals surface area contributed by atoms with Crippen LogP contribution in [0.5, 0.6) is 0 Å². The largest absolute Gasteiger partial charge is 0.465 e. The highest BCUT2D eigenvalue weighted by Crippen LogP contribution is 2.08. The van der Waals surface area contributed by atoms with Crippen LogP contribution in [0, 0.1) is 5.92 Å². The Morgan fingerprint density at radius 1 is 1.26 bits per heavy atom. The molecule has 0 aliphatic carbocycles. The molecule has 0 N–H and O–H groups in total. The molecule has 0 bridgehead atoms. The lowest BCUT2D eigenvalue weighted by molar-refractivity contribution is -0.125. The summed E-state index contributed by atoms with van der Waals surface area (Å²) in [5.74, 6) is 0.890. The number of carbonyl (C=O) groups excluding carboxylic acids is 2. The molecule has 0 atom stereocenters. The van der Waals surface area contributed by atoms with Gasteiger partial charge in [-0.15, -0.1) is 0 Å². The summed E-state index contributed by atoms with van der Waals surface area (Å²) in [4.78, 5) is 27.6. The van der Waals surface area contributed by atoms with Crippen LogP contribution in [0.1, 0.15) is 26.0 Å². The molecule has 1 saturated heterocycles. The first-order valence-corrected chi connectivity index (χ1v) is 7.98. The Morgan fingerprint density at radius 3 is 2.70 bits per heavy atom. The maximum atomic E-state index is 12.2. The molecular weight excluding hydrogens is 296 g/mol. The predicted octanol–water partition coefficient (Wildman–Crippen LogP) is 2.62. The second-order valence-electron chi connectivity index (χ2n) is 5.99. The Kier molecular flexibility index (Phi) is 6.26. The van der Waals surface area contributed by atoms with E-state index < -0.39 is 0 Å². The molecule has 1 aromatic heterocycles. The lowest BCUT2D eigenvalue weighted by atomic mass is 10.2. The van der Waals surface area contributed by atoms with Gasteiger partial charge in [0.15, 0.2) is 0 Å². The number of carbonyl (C=O) groups is 2. The minimum Gasteiger partial charge on any atom is -0.465 e. The molecule has 0 spiro atoms. The van der Waals surface area contributed by atoms with Crippen molar-refractivity contribution in [3.63, 3.8) is 0 Å². The van der Waals surface area contributed by atoms with Gasteiger partial charge in [-0.05, 0) is 30.5 Å². The van der Waals surface area contributed by atoms with Crippen LogP contribution in [0.3, 0.4) is 0 Å². The van der Waals surface area contributed by atoms with Crippen molar-refractivity contribution >= 4 is 18.1 Å². The number of hydrogen-bond donors (Lipinski definition) is 0. The molecule has 1 aliphatic rings. The quantitative estimate of drug-likeness (QED) is 0.800. The van der Waals surface area contributed by atoms with Gasteiger partial charge in [0, 0.05) is 32.3 Å². The zero-order valence-corrected chi connectivity index (χ0v) is 13.7. The van der Waals surface area contributed by atoms with Crippen molar-refractivity contribution in [1.82, 2.24) is 9.80 Å². The van der Waals surface area contributed by atoms with Gasteiger partial charge in [0.1, 0.15) is 5.76 Å². The van der Waals surface area contributed by atoms with E-state index in [0.717, 1.165) is 6.42 Å². The van der Waals surface area contributed by atoms with Gasteiger partial charge < -0.3 is 19.0 Å². The normalized spacial score (nSPS) is 16.0. The maximum Gasteiger partial charge on any atom is 0.409 e. The summed E-state index contributed by atoms with van der Waals surface area (Å²) in [6.07, 6.45) is 5.18. The number of hydrogen-bond acceptors (Lipinski definition) is 4. The molecule has 0 saturated carbocycles. The van der Waals surface area contributed by atoms with Gasteiger partial charge in [0.05, 0.1) is 12.9 Å². The minimum atomic E-state index is -0.292. The molecular formula is C17H24N2O4. The van der Waals surface area contributed by atoms with Crippen LogP contribution in [0.25, 0.3) is 6.08 Å². The zero-order valence-electron chi connectivity index (χ0n) is 13.7. The molecule has 2 rings (SSSR count). The fourth-order valence-electron chi connectivity index (χ4n) is 2.29. The van der Waals surface area contributed by atoms with Crippen LogP contribution in [-0.4, -0.2) is 54.6 Å². The van der Waals surface area contributed by atoms with E-state index in [4.69, 9.17) is 9.15 Å². The fraction of sp³-hybridized carbons (Fsp3) is 0.529. The molecule has 23 heavy (non-hydrogen) atoms. The van der Waals surface area contributed by atoms with Gasteiger partial charge in [0.2, 0.25) is 5.91 Å². The summed E-state index contributed by atoms with van der Waals surface area (Å²) < 4.78 is 10.4. The predicted molar refractivity (Wildman–Crippen MR) is 86.7 cm³/mol. The maximum absolute atomic E-state index is 12.2. The van der Waals surface area contributed by atoms with E-state index in [-0.39, 0.29) is 12.0 Å². The average Bonchev–Trinajstić information content (AvgIpc) is 2.92. The number of ether oxygens (including phenoxy) is 1. The first kappa shape index (κ1) is 17.1. The lowest BCUT2D eigenvalue weighted by Crippen LogP contribution is -2.37. The molecule has 0 aromatic carbocycles. The Bertz CT molecular complexity index is 537. The summed E-state index contributed by atoms with van der Waals surface area (Å²) >= 11 is 0. The van der Waals surface area contributed by atoms with Crippen molar-refractivity contribution < 1.29 is 18.7 Å². The van der Waals surface area contributed by atoms with Gasteiger partial charge >= 0.3 is 6.09 Å². The lowest BCUT2D eigenvalue weighted by Gasteiger charge is -2.21. The highest BCUT2D eigenvalue weighted by molar-refractivity contribution is 5.91. The summed E-state index contributed by atoms with van der Waals surface area (Å²) in [6, 6.07) is 3.56. The molecule has 0 unspecified atom stereocenters. The van der Waals surface area contributed by atoms with Crippen LogP contribution >= 0.6 is 0 Å². The van der Waals surface area contributed by atoms with E-state index in [1.54, 1.807) is 34.3 Å². The summed E-state index contributed by atoms with van der Waals surface area (Å²) in [7, 11) is 0. The SMILES string of the molecule is CC(C)COC(=O)N1CCCN(C(=O)C=Cc2ccco2)CC1. The topological polar surface area (TPSA) is 63.0 Å². The summed E-state index contributed by atoms with van der Waals surface area (Å²) in [5.41, 5.74) is 0. The van der Waals surface area contributed by atoms with Crippen LogP contribution in [-0.2, 0) is 9.53 Å². The highest BCUT2D eigenvalue weighted by Gasteiger charge is 2.22. The highest BCUT2D eigenvalue weighted by atomic mass is 16.6. The van der Waals surface area contributed by atoms with Gasteiger partial charge in [-0.3, -0.25) is 4.79 Å². The van der Waals surface area contributed by atoms with Gasteiger partial charge in [-0.2, -0.15) is 0 Å². The Hall–Kier alpha value is -2.24. The number of rotatable bonds is 4. The second-order valence-corrected chi connectivity index (χ2v) is 5.99. The molecule has 2 heterocycles. The van der Waals surface area contributed by atoms with Crippen molar-refractivity contribution in [3.05, 3.63) is 30.2 Å². The third kappa shape index (κ3) is 5.47. The van der Waals surface area contributed by atoms with Gasteiger partial charge in [-0.1, -0.05) is 13.8 Å². The van der Waals surface area contributed by atoms with Crippen molar-refractivity contribution in [1.29, 1.82) is 0 Å². The first-order chi connectivity index (χ1) is 11.1. The number of nitrogens with zero attached hydrogens (tertiary/aromatic N) is 2. The third-order valence-corrected chi connectivity index (χ3v) is 3.54. The van der Waals surface area contributed by atoms with E-state index in [1.807, 2.05) is 13.8 Å². The molecule has 1 aliphatic heterocycles. The van der Waals surface area contributed by atoms with Crippen LogP contribution in [0.2, 0.25) is 0 Å². The first-order valence-electron chi connectivity index (χ1n) is 7.98. The van der Waals surface area contributed by atoms with E-state index in [0.29, 0.717) is 44.5 Å². The molecule has 6 heteroatoms. The smallest absolute Gasteiger partial charge is 0.409 e. The van der Waals surface area contributed by atoms with Crippen molar-refractivity contribution in [2.75, 3.05) is 32.8 Å². The summed E-state index contributed by atoms with van der Waals surface area (Å²) in [5, 5.41) is 0. The molecule has 1 fully saturated rings. The number of amides is 2. The zero-order chi connectivity index (χ0) is 16.7. The molecule has 6 nitrogen and oxygen atoms in total. The van der Waals surface area contributed by atoms with Crippen molar-refractivity contribution in [2.45, 2.75) is 20.3 Å². The molecule has 126 valence electrons. The van der Waals surface area contributed by atoms with E-state index in [2.05, 4.69) is 0 Å². The summed E-state index contributed by atoms with van der Waals surface area (Å²) in [6.45, 7) is 6.68. The molecule has 1 aromatic rings. The van der Waals surface area contributed by atoms with E-state index in [1.165, 1.54) is 6.08 Å². The minimum absolute atomic E-state index is 0.0706. The van der Waals surface area contributed by atoms with Crippen molar-refractivity contribution in [2.24, 2.45) is 5.92 Å². The Balaban J connectivity index is 1.83. The van der Waals surface area contributed by atoms with Gasteiger partial charge in [0.25, 0.3) is 0 Å². The van der Waals surface area contributed by atoms with E-state index in [9.17, 15) is 9.59 Å². The Morgan fingerprint density at radius 2 is 2.00 bits per heavy atom. The average molecular weight is 320 g/mol.